The zero-order valence-corrected chi connectivity index (χ0v) is 16.3. The number of benzene rings is 2. The second-order valence-electron chi connectivity index (χ2n) is 6.63. The Kier molecular flexibility index (Phi) is 4.65. The molecular weight excluding hydrogens is 403 g/mol. The van der Waals surface area contributed by atoms with Crippen LogP contribution in [0, 0.1) is 10.5 Å². The van der Waals surface area contributed by atoms with Crippen molar-refractivity contribution >= 4 is 39.8 Å². The van der Waals surface area contributed by atoms with Gasteiger partial charge in [-0.3, -0.25) is 14.2 Å². The number of alkyl halides is 2. The van der Waals surface area contributed by atoms with Gasteiger partial charge in [-0.1, -0.05) is 30.4 Å². The molecule has 6 nitrogen and oxygen atoms in total. The molecule has 150 valence electrons. The summed E-state index contributed by atoms with van der Waals surface area (Å²) in [6.45, 7) is -0.0731. The van der Waals surface area contributed by atoms with Crippen molar-refractivity contribution in [1.82, 2.24) is 19.3 Å². The highest BCUT2D eigenvalue weighted by atomic mass is 32.1. The van der Waals surface area contributed by atoms with Crippen molar-refractivity contribution in [3.8, 4) is 0 Å². The lowest BCUT2D eigenvalue weighted by atomic mass is 10.1. The largest absolute Gasteiger partial charge is 0.364 e. The monoisotopic (exact) mass is 419 g/mol. The molecule has 0 saturated heterocycles. The van der Waals surface area contributed by atoms with Crippen molar-refractivity contribution in [2.45, 2.75) is 13.0 Å². The van der Waals surface area contributed by atoms with Gasteiger partial charge in [0.1, 0.15) is 10.5 Å². The van der Waals surface area contributed by atoms with E-state index in [1.54, 1.807) is 26.2 Å². The van der Waals surface area contributed by atoms with Crippen LogP contribution in [0.15, 0.2) is 35.1 Å². The van der Waals surface area contributed by atoms with Crippen molar-refractivity contribution in [1.29, 1.82) is 0 Å². The summed E-state index contributed by atoms with van der Waals surface area (Å²) >= 11 is 5.32. The second kappa shape index (κ2) is 7.03. The minimum absolute atomic E-state index is 0.0731. The molecule has 2 aromatic heterocycles. The number of rotatable bonds is 4. The quantitative estimate of drug-likeness (QED) is 0.487. The van der Waals surface area contributed by atoms with Crippen LogP contribution in [0.2, 0.25) is 0 Å². The summed E-state index contributed by atoms with van der Waals surface area (Å²) in [7, 11) is 3.30. The number of nitrogens with zero attached hydrogens (tertiary/aromatic N) is 3. The first-order chi connectivity index (χ1) is 13.8. The Bertz CT molecular complexity index is 1370. The lowest BCUT2D eigenvalue weighted by Gasteiger charge is -2.12. The lowest BCUT2D eigenvalue weighted by Crippen LogP contribution is -2.19. The summed E-state index contributed by atoms with van der Waals surface area (Å²) in [6.07, 6.45) is -2.90. The zero-order chi connectivity index (χ0) is 20.9. The standard InChI is InChI=1S/C19H16F3N5OS/c1-26-12-7-6-10-13(15(12)27(2)19(26)28)17(24-25-18(10)29)23-8-9-4-3-5-11(14(9)20)16(21)22/h3-7,16H,8H2,1-2H3,(H,23,24)(H,25,29). The summed E-state index contributed by atoms with van der Waals surface area (Å²) in [6, 6.07) is 7.43. The van der Waals surface area contributed by atoms with Gasteiger partial charge in [0.25, 0.3) is 6.43 Å². The molecule has 0 spiro atoms. The van der Waals surface area contributed by atoms with Gasteiger partial charge in [0, 0.05) is 31.6 Å². The molecule has 2 heterocycles. The van der Waals surface area contributed by atoms with Gasteiger partial charge in [-0.25, -0.2) is 18.0 Å². The number of hydrogen-bond donors (Lipinski definition) is 2. The topological polar surface area (TPSA) is 67.6 Å². The average Bonchev–Trinajstić information content (AvgIpc) is 2.92. The third-order valence-electron chi connectivity index (χ3n) is 4.97. The summed E-state index contributed by atoms with van der Waals surface area (Å²) in [5.41, 5.74) is 0.512. The normalized spacial score (nSPS) is 11.7. The van der Waals surface area contributed by atoms with Gasteiger partial charge in [0.05, 0.1) is 22.0 Å². The summed E-state index contributed by atoms with van der Waals surface area (Å²) in [4.78, 5) is 12.4. The van der Waals surface area contributed by atoms with Crippen molar-refractivity contribution in [2.75, 3.05) is 5.32 Å². The Hall–Kier alpha value is -3.14. The minimum Gasteiger partial charge on any atom is -0.364 e. The number of imidazole rings is 1. The molecule has 0 aliphatic carbocycles. The Labute approximate surface area is 167 Å². The summed E-state index contributed by atoms with van der Waals surface area (Å²) < 4.78 is 43.7. The van der Waals surface area contributed by atoms with Gasteiger partial charge in [-0.05, 0) is 12.1 Å². The number of aromatic nitrogens is 4. The second-order valence-corrected chi connectivity index (χ2v) is 7.04. The van der Waals surface area contributed by atoms with E-state index in [-0.39, 0.29) is 17.8 Å². The molecule has 4 aromatic rings. The van der Waals surface area contributed by atoms with Gasteiger partial charge in [-0.2, -0.15) is 5.10 Å². The number of nitrogens with one attached hydrogen (secondary N) is 2. The maximum atomic E-state index is 14.4. The summed E-state index contributed by atoms with van der Waals surface area (Å²) in [5.74, 6) is -0.623. The van der Waals surface area contributed by atoms with E-state index in [1.165, 1.54) is 21.3 Å². The van der Waals surface area contributed by atoms with Crippen LogP contribution in [-0.4, -0.2) is 19.3 Å². The highest BCUT2D eigenvalue weighted by Crippen LogP contribution is 2.30. The molecular formula is C19H16F3N5OS. The number of anilines is 1. The van der Waals surface area contributed by atoms with E-state index >= 15 is 0 Å². The Morgan fingerprint density at radius 2 is 1.97 bits per heavy atom. The minimum atomic E-state index is -2.90. The van der Waals surface area contributed by atoms with E-state index in [0.29, 0.717) is 32.3 Å². The maximum absolute atomic E-state index is 14.4. The first kappa shape index (κ1) is 19.2. The van der Waals surface area contributed by atoms with Crippen molar-refractivity contribution in [3.63, 3.8) is 0 Å². The third-order valence-corrected chi connectivity index (χ3v) is 5.28. The van der Waals surface area contributed by atoms with Crippen molar-refractivity contribution in [3.05, 3.63) is 62.4 Å². The number of aromatic amines is 1. The lowest BCUT2D eigenvalue weighted by molar-refractivity contribution is 0.146. The number of H-pyrrole nitrogens is 1. The highest BCUT2D eigenvalue weighted by molar-refractivity contribution is 7.71. The Morgan fingerprint density at radius 3 is 2.69 bits per heavy atom. The van der Waals surface area contributed by atoms with Crippen LogP contribution in [0.5, 0.6) is 0 Å². The Balaban J connectivity index is 1.87. The highest BCUT2D eigenvalue weighted by Gasteiger charge is 2.18. The van der Waals surface area contributed by atoms with E-state index < -0.39 is 17.8 Å². The average molecular weight is 419 g/mol. The van der Waals surface area contributed by atoms with Crippen LogP contribution >= 0.6 is 12.2 Å². The van der Waals surface area contributed by atoms with Crippen LogP contribution in [0.1, 0.15) is 17.6 Å². The van der Waals surface area contributed by atoms with E-state index in [4.69, 9.17) is 12.2 Å². The van der Waals surface area contributed by atoms with Crippen LogP contribution in [0.3, 0.4) is 0 Å². The molecule has 0 saturated carbocycles. The number of halogens is 3. The van der Waals surface area contributed by atoms with Gasteiger partial charge in [0.2, 0.25) is 0 Å². The predicted octanol–water partition coefficient (Wildman–Crippen LogP) is 4.17. The van der Waals surface area contributed by atoms with Crippen LogP contribution in [0.4, 0.5) is 19.0 Å². The van der Waals surface area contributed by atoms with Crippen LogP contribution in [0.25, 0.3) is 21.8 Å². The number of hydrogen-bond acceptors (Lipinski definition) is 4. The van der Waals surface area contributed by atoms with E-state index in [0.717, 1.165) is 6.07 Å². The van der Waals surface area contributed by atoms with Crippen LogP contribution in [-0.2, 0) is 20.6 Å². The molecule has 0 atom stereocenters. The molecule has 0 unspecified atom stereocenters. The number of aryl methyl sites for hydroxylation is 2. The summed E-state index contributed by atoms with van der Waals surface area (Å²) in [5, 5.41) is 11.2. The van der Waals surface area contributed by atoms with Gasteiger partial charge in [-0.15, -0.1) is 0 Å². The molecule has 29 heavy (non-hydrogen) atoms. The molecule has 4 rings (SSSR count). The van der Waals surface area contributed by atoms with Gasteiger partial charge in [0.15, 0.2) is 5.82 Å². The molecule has 0 radical (unpaired) electrons. The maximum Gasteiger partial charge on any atom is 0.328 e. The molecule has 0 aliphatic rings. The first-order valence-corrected chi connectivity index (χ1v) is 9.08. The predicted molar refractivity (Wildman–Crippen MR) is 107 cm³/mol. The van der Waals surface area contributed by atoms with Crippen molar-refractivity contribution in [2.24, 2.45) is 14.1 Å². The van der Waals surface area contributed by atoms with Crippen molar-refractivity contribution < 1.29 is 13.2 Å². The number of fused-ring (bicyclic) bond motifs is 3. The fraction of sp³-hybridized carbons (Fsp3) is 0.211. The fourth-order valence-electron chi connectivity index (χ4n) is 3.48. The van der Waals surface area contributed by atoms with E-state index in [9.17, 15) is 18.0 Å². The van der Waals surface area contributed by atoms with Crippen LogP contribution < -0.4 is 11.0 Å². The smallest absolute Gasteiger partial charge is 0.328 e. The zero-order valence-electron chi connectivity index (χ0n) is 15.5. The molecule has 0 bridgehead atoms. The SMILES string of the molecule is Cn1c(=O)n(C)c2c3c(NCc4cccc(C(F)F)c4F)n[nH]c(=S)c3ccc21. The molecule has 0 fully saturated rings. The fourth-order valence-corrected chi connectivity index (χ4v) is 3.69. The molecule has 0 aliphatic heterocycles. The van der Waals surface area contributed by atoms with Gasteiger partial charge < -0.3 is 5.32 Å². The third kappa shape index (κ3) is 3.00. The first-order valence-electron chi connectivity index (χ1n) is 8.67. The van der Waals surface area contributed by atoms with E-state index in [2.05, 4.69) is 15.5 Å². The molecule has 2 N–H and O–H groups in total. The molecule has 2 aromatic carbocycles. The Morgan fingerprint density at radius 1 is 1.21 bits per heavy atom. The molecule has 10 heteroatoms. The van der Waals surface area contributed by atoms with Gasteiger partial charge >= 0.3 is 5.69 Å². The van der Waals surface area contributed by atoms with E-state index in [1.807, 2.05) is 0 Å². The molecule has 0 amide bonds.